The number of aromatic nitrogens is 2. The number of aliphatic hydroxyl groups is 1. The van der Waals surface area contributed by atoms with Crippen LogP contribution < -0.4 is 26.6 Å². The van der Waals surface area contributed by atoms with Crippen molar-refractivity contribution >= 4 is 24.4 Å². The molecule has 1 unspecified atom stereocenters. The number of nitrogens with zero attached hydrogens (tertiary/aromatic N) is 1. The Kier molecular flexibility index (Phi) is 8.83. The topological polar surface area (TPSA) is 167 Å². The summed E-state index contributed by atoms with van der Waals surface area (Å²) in [6, 6.07) is 8.39. The van der Waals surface area contributed by atoms with E-state index >= 15 is 4.39 Å². The highest BCUT2D eigenvalue weighted by Crippen LogP contribution is 2.47. The zero-order valence-corrected chi connectivity index (χ0v) is 21.4. The van der Waals surface area contributed by atoms with Crippen LogP contribution in [-0.2, 0) is 30.6 Å². The molecule has 1 saturated heterocycles. The first-order valence-corrected chi connectivity index (χ1v) is 13.6. The second kappa shape index (κ2) is 11.3. The summed E-state index contributed by atoms with van der Waals surface area (Å²) in [5.41, 5.74) is 2.22. The molecule has 12 nitrogen and oxygen atoms in total. The number of aliphatic hydroxyl groups excluding tert-OH is 1. The van der Waals surface area contributed by atoms with Crippen molar-refractivity contribution in [3.63, 3.8) is 0 Å². The van der Waals surface area contributed by atoms with E-state index in [0.29, 0.717) is 5.75 Å². The van der Waals surface area contributed by atoms with Gasteiger partial charge in [-0.15, -0.1) is 0 Å². The third-order valence-corrected chi connectivity index (χ3v) is 7.49. The van der Waals surface area contributed by atoms with Crippen LogP contribution in [0.3, 0.4) is 0 Å². The van der Waals surface area contributed by atoms with Gasteiger partial charge >= 0.3 is 18.3 Å². The van der Waals surface area contributed by atoms with Gasteiger partial charge < -0.3 is 23.6 Å². The van der Waals surface area contributed by atoms with E-state index in [4.69, 9.17) is 36.1 Å². The molecular formula is C21H28FN4O8PS. The highest BCUT2D eigenvalue weighted by Gasteiger charge is 2.55. The molecule has 15 heteroatoms. The van der Waals surface area contributed by atoms with Gasteiger partial charge in [-0.25, -0.2) is 14.3 Å². The van der Waals surface area contributed by atoms with E-state index in [1.165, 1.54) is 6.92 Å². The maximum Gasteiger partial charge on any atom is 0.330 e. The van der Waals surface area contributed by atoms with Crippen LogP contribution in [-0.4, -0.2) is 57.4 Å². The molecule has 2 aromatic rings. The number of nitrogens with two attached hydrogens (primary N) is 1. The summed E-state index contributed by atoms with van der Waals surface area (Å²) in [5, 5.41) is 13.2. The smallest absolute Gasteiger partial charge is 0.330 e. The van der Waals surface area contributed by atoms with Crippen LogP contribution in [0.1, 0.15) is 27.0 Å². The number of nitrogens with one attached hydrogen (secondary N) is 2. The second-order valence-corrected chi connectivity index (χ2v) is 11.5. The van der Waals surface area contributed by atoms with Gasteiger partial charge in [0.25, 0.3) is 5.56 Å². The lowest BCUT2D eigenvalue weighted by Crippen LogP contribution is -2.53. The number of H-pyrrole nitrogens is 1. The van der Waals surface area contributed by atoms with Gasteiger partial charge in [-0.05, 0) is 44.7 Å². The number of rotatable bonds is 10. The van der Waals surface area contributed by atoms with Gasteiger partial charge in [0.1, 0.15) is 24.5 Å². The summed E-state index contributed by atoms with van der Waals surface area (Å²) >= 11 is 5.56. The molecule has 6 atom stereocenters. The van der Waals surface area contributed by atoms with Crippen molar-refractivity contribution in [3.8, 4) is 5.75 Å². The minimum atomic E-state index is -3.59. The number of carbonyl (C=O) groups is 1. The van der Waals surface area contributed by atoms with Gasteiger partial charge in [-0.3, -0.25) is 24.9 Å². The zero-order chi connectivity index (χ0) is 26.7. The first kappa shape index (κ1) is 28.1. The summed E-state index contributed by atoms with van der Waals surface area (Å²) in [7, 11) is 0. The van der Waals surface area contributed by atoms with Gasteiger partial charge in [0.05, 0.1) is 6.10 Å². The molecule has 0 aliphatic carbocycles. The van der Waals surface area contributed by atoms with Crippen molar-refractivity contribution in [2.75, 3.05) is 6.61 Å². The number of para-hydroxylation sites is 1. The summed E-state index contributed by atoms with van der Waals surface area (Å²) in [6.45, 7) is 0.558. The maximum atomic E-state index is 15.1. The molecule has 0 amide bonds. The Balaban J connectivity index is 1.81. The Morgan fingerprint density at radius 1 is 1.33 bits per heavy atom. The van der Waals surface area contributed by atoms with E-state index in [9.17, 15) is 19.5 Å². The fraction of sp³-hybridized carbons (Fsp3) is 0.476. The van der Waals surface area contributed by atoms with Crippen LogP contribution >= 0.6 is 6.64 Å². The predicted molar refractivity (Wildman–Crippen MR) is 130 cm³/mol. The Labute approximate surface area is 210 Å². The molecule has 0 saturated carbocycles. The number of benzene rings is 1. The Hall–Kier alpha value is -2.45. The van der Waals surface area contributed by atoms with Gasteiger partial charge in [-0.1, -0.05) is 18.2 Å². The number of esters is 1. The van der Waals surface area contributed by atoms with E-state index in [0.717, 1.165) is 16.8 Å². The van der Waals surface area contributed by atoms with Crippen molar-refractivity contribution in [2.45, 2.75) is 57.1 Å². The molecule has 0 bridgehead atoms. The van der Waals surface area contributed by atoms with Crippen molar-refractivity contribution in [2.24, 2.45) is 5.73 Å². The molecule has 198 valence electrons. The van der Waals surface area contributed by atoms with Gasteiger partial charge in [-0.2, -0.15) is 0 Å². The minimum Gasteiger partial charge on any atom is -0.462 e. The summed E-state index contributed by atoms with van der Waals surface area (Å²) < 4.78 is 38.2. The minimum absolute atomic E-state index is 0.311. The average molecular weight is 547 g/mol. The first-order valence-electron chi connectivity index (χ1n) is 10.9. The molecule has 1 aliphatic heterocycles. The summed E-state index contributed by atoms with van der Waals surface area (Å²) in [6.07, 6.45) is -4.98. The van der Waals surface area contributed by atoms with E-state index in [1.54, 1.807) is 44.2 Å². The molecule has 5 N–H and O–H groups in total. The van der Waals surface area contributed by atoms with Crippen LogP contribution in [0.15, 0.2) is 52.2 Å². The second-order valence-electron chi connectivity index (χ2n) is 8.38. The van der Waals surface area contributed by atoms with E-state index in [-0.39, 0.29) is 6.10 Å². The molecule has 36 heavy (non-hydrogen) atoms. The van der Waals surface area contributed by atoms with Gasteiger partial charge in [0.2, 0.25) is 0 Å². The molecule has 2 heterocycles. The lowest BCUT2D eigenvalue weighted by molar-refractivity contribution is -0.149. The fourth-order valence-electron chi connectivity index (χ4n) is 3.28. The van der Waals surface area contributed by atoms with E-state index in [2.05, 4.69) is 5.09 Å². The lowest BCUT2D eigenvalue weighted by Gasteiger charge is -2.31. The lowest BCUT2D eigenvalue weighted by atomic mass is 10.1. The highest BCUT2D eigenvalue weighted by atomic mass is 32.5. The Bertz CT molecular complexity index is 1230. The molecule has 3 rings (SSSR count). The third kappa shape index (κ3) is 6.65. The Morgan fingerprint density at radius 2 is 2.00 bits per heavy atom. The van der Waals surface area contributed by atoms with Crippen LogP contribution in [0, 0.1) is 0 Å². The van der Waals surface area contributed by atoms with Crippen LogP contribution in [0.25, 0.3) is 0 Å². The van der Waals surface area contributed by atoms with Crippen LogP contribution in [0.5, 0.6) is 5.75 Å². The largest absolute Gasteiger partial charge is 0.462 e. The van der Waals surface area contributed by atoms with Crippen molar-refractivity contribution < 1.29 is 32.8 Å². The standard InChI is InChI=1S/C21H28FN4O8PS/c1-12(2)32-19(29)13(3)25-35(36,34-14-7-5-4-6-8-14)31-11-21(23)17(22)16(28)18(33-21)26-10-9-15(27)24-20(26)30/h4-10,12-13,16-18,28H,11,23H2,1-3H3,(H,25,36)(H,24,27,30)/t13-,16+,17-,18+,21+,35?/m0/s1. The third-order valence-electron chi connectivity index (χ3n) is 5.01. The molecule has 1 aliphatic rings. The van der Waals surface area contributed by atoms with Gasteiger partial charge in [0.15, 0.2) is 18.1 Å². The number of halogens is 1. The number of hydrogen-bond donors (Lipinski definition) is 4. The number of alkyl halides is 1. The van der Waals surface area contributed by atoms with E-state index in [1.807, 2.05) is 4.98 Å². The highest BCUT2D eigenvalue weighted by molar-refractivity contribution is 8.09. The molecule has 1 aromatic carbocycles. The van der Waals surface area contributed by atoms with Crippen molar-refractivity contribution in [1.29, 1.82) is 0 Å². The average Bonchev–Trinajstić information content (AvgIpc) is 3.02. The molecule has 1 aromatic heterocycles. The van der Waals surface area contributed by atoms with Crippen molar-refractivity contribution in [3.05, 3.63) is 63.4 Å². The predicted octanol–water partition coefficient (Wildman–Crippen LogP) is 0.669. The summed E-state index contributed by atoms with van der Waals surface area (Å²) in [5.74, 6) is -0.305. The monoisotopic (exact) mass is 546 g/mol. The molecule has 1 fully saturated rings. The van der Waals surface area contributed by atoms with Gasteiger partial charge in [0, 0.05) is 12.3 Å². The molecular weight excluding hydrogens is 518 g/mol. The molecule has 0 radical (unpaired) electrons. The Morgan fingerprint density at radius 3 is 2.61 bits per heavy atom. The van der Waals surface area contributed by atoms with E-state index < -0.39 is 60.7 Å². The number of aromatic amines is 1. The van der Waals surface area contributed by atoms with Crippen molar-refractivity contribution in [1.82, 2.24) is 14.6 Å². The number of hydrogen-bond acceptors (Lipinski definition) is 10. The normalized spacial score (nSPS) is 26.4. The number of carbonyl (C=O) groups excluding carboxylic acids is 1. The van der Waals surface area contributed by atoms with Crippen LogP contribution in [0.2, 0.25) is 0 Å². The quantitative estimate of drug-likeness (QED) is 0.244. The SMILES string of the molecule is CC(C)OC(=O)[C@H](C)NP(=S)(OC[C@@]1(N)O[C@@H](n2ccc(=O)[nH]c2=O)[C@H](O)[C@@H]1F)Oc1ccccc1. The first-order chi connectivity index (χ1) is 16.8. The van der Waals surface area contributed by atoms with Crippen LogP contribution in [0.4, 0.5) is 4.39 Å². The zero-order valence-electron chi connectivity index (χ0n) is 19.7. The summed E-state index contributed by atoms with van der Waals surface area (Å²) in [4.78, 5) is 37.8. The maximum absolute atomic E-state index is 15.1. The fourth-order valence-corrected chi connectivity index (χ4v) is 5.70. The number of ether oxygens (including phenoxy) is 2. The molecule has 0 spiro atoms.